The largest absolute Gasteiger partial charge is 0.157 e. The minimum absolute atomic E-state index is 0.648. The molecule has 1 unspecified atom stereocenters. The molecule has 1 atom stereocenters. The molecule has 2 rings (SSSR count). The third-order valence-electron chi connectivity index (χ3n) is 1.91. The molecule has 0 saturated carbocycles. The first-order valence-corrected chi connectivity index (χ1v) is 6.79. The van der Waals surface area contributed by atoms with Gasteiger partial charge in [-0.25, -0.2) is 0 Å². The van der Waals surface area contributed by atoms with Gasteiger partial charge < -0.3 is 0 Å². The SMILES string of the molecule is CSC(C)c1cc2sccc2s1. The summed E-state index contributed by atoms with van der Waals surface area (Å²) in [6.07, 6.45) is 2.17. The first-order valence-electron chi connectivity index (χ1n) is 3.81. The molecule has 2 aromatic heterocycles. The lowest BCUT2D eigenvalue weighted by atomic mass is 10.4. The first-order chi connectivity index (χ1) is 5.81. The van der Waals surface area contributed by atoms with Crippen LogP contribution < -0.4 is 0 Å². The van der Waals surface area contributed by atoms with Crippen molar-refractivity contribution in [3.63, 3.8) is 0 Å². The number of thioether (sulfide) groups is 1. The van der Waals surface area contributed by atoms with Crippen LogP contribution >= 0.6 is 34.4 Å². The average molecular weight is 214 g/mol. The van der Waals surface area contributed by atoms with Gasteiger partial charge in [-0.05, 0) is 30.7 Å². The van der Waals surface area contributed by atoms with E-state index in [2.05, 4.69) is 30.7 Å². The lowest BCUT2D eigenvalue weighted by molar-refractivity contribution is 1.15. The van der Waals surface area contributed by atoms with Gasteiger partial charge >= 0.3 is 0 Å². The molecule has 64 valence electrons. The van der Waals surface area contributed by atoms with Crippen molar-refractivity contribution >= 4 is 43.8 Å². The van der Waals surface area contributed by atoms with E-state index in [0.29, 0.717) is 5.25 Å². The van der Waals surface area contributed by atoms with E-state index in [1.54, 1.807) is 0 Å². The maximum Gasteiger partial charge on any atom is 0.0453 e. The summed E-state index contributed by atoms with van der Waals surface area (Å²) in [7, 11) is 0. The third kappa shape index (κ3) is 1.41. The van der Waals surface area contributed by atoms with E-state index in [-0.39, 0.29) is 0 Å². The monoisotopic (exact) mass is 214 g/mol. The van der Waals surface area contributed by atoms with Gasteiger partial charge in [-0.2, -0.15) is 11.8 Å². The molecule has 0 aliphatic rings. The van der Waals surface area contributed by atoms with E-state index in [9.17, 15) is 0 Å². The summed E-state index contributed by atoms with van der Waals surface area (Å²) in [6, 6.07) is 4.53. The molecule has 12 heavy (non-hydrogen) atoms. The maximum atomic E-state index is 2.33. The lowest BCUT2D eigenvalue weighted by Crippen LogP contribution is -1.78. The number of hydrogen-bond acceptors (Lipinski definition) is 3. The van der Waals surface area contributed by atoms with Crippen molar-refractivity contribution < 1.29 is 0 Å². The van der Waals surface area contributed by atoms with Crippen molar-refractivity contribution in [3.8, 4) is 0 Å². The fourth-order valence-electron chi connectivity index (χ4n) is 1.10. The fraction of sp³-hybridized carbons (Fsp3) is 0.333. The van der Waals surface area contributed by atoms with E-state index in [0.717, 1.165) is 0 Å². The zero-order valence-electron chi connectivity index (χ0n) is 7.03. The Hall–Kier alpha value is 0.01000. The summed E-state index contributed by atoms with van der Waals surface area (Å²) in [6.45, 7) is 2.26. The van der Waals surface area contributed by atoms with E-state index in [1.165, 1.54) is 14.3 Å². The van der Waals surface area contributed by atoms with Gasteiger partial charge in [0.05, 0.1) is 0 Å². The lowest BCUT2D eigenvalue weighted by Gasteiger charge is -2.02. The zero-order chi connectivity index (χ0) is 8.55. The van der Waals surface area contributed by atoms with Crippen LogP contribution in [0.15, 0.2) is 17.5 Å². The second kappa shape index (κ2) is 3.40. The first kappa shape index (κ1) is 8.60. The molecule has 0 amide bonds. The van der Waals surface area contributed by atoms with Crippen LogP contribution in [0, 0.1) is 0 Å². The molecule has 0 fully saturated rings. The van der Waals surface area contributed by atoms with Crippen molar-refractivity contribution in [1.29, 1.82) is 0 Å². The number of hydrogen-bond donors (Lipinski definition) is 0. The predicted octanol–water partition coefficient (Wildman–Crippen LogP) is 4.39. The van der Waals surface area contributed by atoms with Gasteiger partial charge in [0, 0.05) is 19.5 Å². The Kier molecular flexibility index (Phi) is 2.44. The zero-order valence-corrected chi connectivity index (χ0v) is 9.48. The van der Waals surface area contributed by atoms with Crippen molar-refractivity contribution in [2.45, 2.75) is 12.2 Å². The Balaban J connectivity index is 2.44. The second-order valence-corrected chi connectivity index (χ2v) is 5.92. The van der Waals surface area contributed by atoms with Crippen LogP contribution in [0.25, 0.3) is 9.40 Å². The molecule has 0 bridgehead atoms. The molecular weight excluding hydrogens is 204 g/mol. The van der Waals surface area contributed by atoms with E-state index < -0.39 is 0 Å². The Labute approximate surface area is 84.6 Å². The summed E-state index contributed by atoms with van der Waals surface area (Å²) in [4.78, 5) is 1.50. The highest BCUT2D eigenvalue weighted by Crippen LogP contribution is 2.37. The number of fused-ring (bicyclic) bond motifs is 1. The average Bonchev–Trinajstić information content (AvgIpc) is 2.60. The van der Waals surface area contributed by atoms with Gasteiger partial charge in [0.2, 0.25) is 0 Å². The molecule has 0 aromatic carbocycles. The van der Waals surface area contributed by atoms with Crippen LogP contribution in [-0.2, 0) is 0 Å². The Morgan fingerprint density at radius 2 is 2.25 bits per heavy atom. The highest BCUT2D eigenvalue weighted by Gasteiger charge is 2.08. The highest BCUT2D eigenvalue weighted by molar-refractivity contribution is 7.98. The van der Waals surface area contributed by atoms with Gasteiger partial charge in [0.25, 0.3) is 0 Å². The standard InChI is InChI=1S/C9H10S3/c1-6(10-2)8-5-9-7(12-8)3-4-11-9/h3-6H,1-2H3. The van der Waals surface area contributed by atoms with Crippen LogP contribution in [0.3, 0.4) is 0 Å². The van der Waals surface area contributed by atoms with Gasteiger partial charge in [-0.15, -0.1) is 22.7 Å². The second-order valence-electron chi connectivity index (χ2n) is 2.68. The molecule has 2 heterocycles. The van der Waals surface area contributed by atoms with E-state index >= 15 is 0 Å². The summed E-state index contributed by atoms with van der Waals surface area (Å²) < 4.78 is 2.88. The van der Waals surface area contributed by atoms with Crippen molar-refractivity contribution in [1.82, 2.24) is 0 Å². The maximum absolute atomic E-state index is 2.33. The summed E-state index contributed by atoms with van der Waals surface area (Å²) in [5.74, 6) is 0. The van der Waals surface area contributed by atoms with Gasteiger partial charge in [0.15, 0.2) is 0 Å². The molecule has 0 radical (unpaired) electrons. The number of rotatable bonds is 2. The van der Waals surface area contributed by atoms with Crippen LogP contribution in [-0.4, -0.2) is 6.26 Å². The van der Waals surface area contributed by atoms with Crippen molar-refractivity contribution in [2.24, 2.45) is 0 Å². The molecule has 0 aliphatic carbocycles. The highest BCUT2D eigenvalue weighted by atomic mass is 32.2. The molecule has 0 saturated heterocycles. The van der Waals surface area contributed by atoms with Crippen molar-refractivity contribution in [2.75, 3.05) is 6.26 Å². The fourth-order valence-corrected chi connectivity index (χ4v) is 3.89. The minimum Gasteiger partial charge on any atom is -0.157 e. The van der Waals surface area contributed by atoms with E-state index in [1.807, 2.05) is 34.4 Å². The molecule has 0 aliphatic heterocycles. The quantitative estimate of drug-likeness (QED) is 0.714. The van der Waals surface area contributed by atoms with Crippen molar-refractivity contribution in [3.05, 3.63) is 22.4 Å². The molecular formula is C9H10S3. The summed E-state index contributed by atoms with van der Waals surface area (Å²) in [5.41, 5.74) is 0. The van der Waals surface area contributed by atoms with Gasteiger partial charge in [-0.3, -0.25) is 0 Å². The molecule has 3 heteroatoms. The topological polar surface area (TPSA) is 0 Å². The normalized spacial score (nSPS) is 13.8. The molecule has 0 nitrogen and oxygen atoms in total. The molecule has 0 spiro atoms. The third-order valence-corrected chi connectivity index (χ3v) is 5.30. The van der Waals surface area contributed by atoms with Gasteiger partial charge in [0.1, 0.15) is 0 Å². The van der Waals surface area contributed by atoms with Crippen LogP contribution in [0.4, 0.5) is 0 Å². The molecule has 2 aromatic rings. The summed E-state index contributed by atoms with van der Waals surface area (Å²) >= 11 is 5.67. The molecule has 0 N–H and O–H groups in total. The number of thiophene rings is 2. The van der Waals surface area contributed by atoms with Crippen LogP contribution in [0.5, 0.6) is 0 Å². The predicted molar refractivity (Wildman–Crippen MR) is 61.6 cm³/mol. The minimum atomic E-state index is 0.648. The Morgan fingerprint density at radius 3 is 2.92 bits per heavy atom. The Morgan fingerprint density at radius 1 is 1.42 bits per heavy atom. The smallest absolute Gasteiger partial charge is 0.0453 e. The van der Waals surface area contributed by atoms with Crippen LogP contribution in [0.1, 0.15) is 17.1 Å². The van der Waals surface area contributed by atoms with Crippen LogP contribution in [0.2, 0.25) is 0 Å². The van der Waals surface area contributed by atoms with Gasteiger partial charge in [-0.1, -0.05) is 0 Å². The van der Waals surface area contributed by atoms with E-state index in [4.69, 9.17) is 0 Å². The Bertz CT molecular complexity index is 343. The summed E-state index contributed by atoms with van der Waals surface area (Å²) in [5, 5.41) is 2.81.